The number of alkyl halides is 3. The molecule has 0 bridgehead atoms. The van der Waals surface area contributed by atoms with Crippen molar-refractivity contribution in [2.45, 2.75) is 51.0 Å². The third-order valence-corrected chi connectivity index (χ3v) is 5.34. The zero-order chi connectivity index (χ0) is 22.2. The van der Waals surface area contributed by atoms with Gasteiger partial charge in [-0.15, -0.1) is 0 Å². The Balaban J connectivity index is 1.94. The van der Waals surface area contributed by atoms with Gasteiger partial charge in [0.05, 0.1) is 6.61 Å². The molecule has 4 nitrogen and oxygen atoms in total. The third-order valence-electron chi connectivity index (χ3n) is 4.37. The predicted octanol–water partition coefficient (Wildman–Crippen LogP) is 6.46. The van der Waals surface area contributed by atoms with Gasteiger partial charge in [0.1, 0.15) is 5.75 Å². The Kier molecular flexibility index (Phi) is 8.52. The van der Waals surface area contributed by atoms with Gasteiger partial charge in [0, 0.05) is 0 Å². The number of ether oxygens (including phenoxy) is 1. The van der Waals surface area contributed by atoms with Crippen molar-refractivity contribution in [2.24, 2.45) is 0 Å². The minimum atomic E-state index is -5.93. The standard InChI is InChI=1S/C21H24F4O4S/c1-2-3-4-5-6-7-14-28-18-11-8-16(9-12-18)17-10-13-20(19(22)15-17)29-30(26,27)21(23,24)25/h8-13,15H,2-7,14H2,1H3. The number of hydrogen-bond donors (Lipinski definition) is 0. The molecule has 0 aromatic heterocycles. The monoisotopic (exact) mass is 448 g/mol. The molecule has 0 spiro atoms. The highest BCUT2D eigenvalue weighted by atomic mass is 32.2. The Labute approximate surface area is 173 Å². The van der Waals surface area contributed by atoms with Crippen molar-refractivity contribution in [3.63, 3.8) is 0 Å². The van der Waals surface area contributed by atoms with Gasteiger partial charge in [0.25, 0.3) is 0 Å². The zero-order valence-electron chi connectivity index (χ0n) is 16.5. The molecule has 0 atom stereocenters. The third kappa shape index (κ3) is 6.90. The van der Waals surface area contributed by atoms with Gasteiger partial charge in [-0.3, -0.25) is 0 Å². The fourth-order valence-corrected chi connectivity index (χ4v) is 3.20. The van der Waals surface area contributed by atoms with Crippen LogP contribution in [-0.2, 0) is 10.1 Å². The van der Waals surface area contributed by atoms with E-state index in [9.17, 15) is 26.0 Å². The van der Waals surface area contributed by atoms with Crippen molar-refractivity contribution >= 4 is 10.1 Å². The van der Waals surface area contributed by atoms with Crippen molar-refractivity contribution in [2.75, 3.05) is 6.61 Å². The fourth-order valence-electron chi connectivity index (χ4n) is 2.73. The number of unbranched alkanes of at least 4 members (excludes halogenated alkanes) is 5. The predicted molar refractivity (Wildman–Crippen MR) is 106 cm³/mol. The number of hydrogen-bond acceptors (Lipinski definition) is 4. The van der Waals surface area contributed by atoms with Crippen LogP contribution in [0.15, 0.2) is 42.5 Å². The quantitative estimate of drug-likeness (QED) is 0.171. The molecule has 2 aromatic carbocycles. The molecule has 2 rings (SSSR count). The average Bonchev–Trinajstić information content (AvgIpc) is 2.68. The van der Waals surface area contributed by atoms with Crippen LogP contribution >= 0.6 is 0 Å². The molecule has 0 heterocycles. The molecule has 0 unspecified atom stereocenters. The zero-order valence-corrected chi connectivity index (χ0v) is 17.4. The maximum Gasteiger partial charge on any atom is 0.534 e. The molecule has 0 saturated carbocycles. The van der Waals surface area contributed by atoms with Crippen LogP contribution in [0.3, 0.4) is 0 Å². The van der Waals surface area contributed by atoms with Crippen molar-refractivity contribution in [1.82, 2.24) is 0 Å². The highest BCUT2D eigenvalue weighted by molar-refractivity contribution is 7.88. The summed E-state index contributed by atoms with van der Waals surface area (Å²) in [6.07, 6.45) is 6.93. The van der Waals surface area contributed by atoms with Gasteiger partial charge in [-0.1, -0.05) is 57.2 Å². The van der Waals surface area contributed by atoms with Gasteiger partial charge in [-0.2, -0.15) is 21.6 Å². The van der Waals surface area contributed by atoms with Crippen molar-refractivity contribution in [1.29, 1.82) is 0 Å². The molecule has 166 valence electrons. The van der Waals surface area contributed by atoms with Gasteiger partial charge in [0.2, 0.25) is 0 Å². The highest BCUT2D eigenvalue weighted by Gasteiger charge is 2.48. The number of halogens is 4. The van der Waals surface area contributed by atoms with Gasteiger partial charge >= 0.3 is 15.6 Å². The Morgan fingerprint density at radius 1 is 0.867 bits per heavy atom. The molecule has 0 saturated heterocycles. The van der Waals surface area contributed by atoms with Gasteiger partial charge in [-0.05, 0) is 41.8 Å². The average molecular weight is 448 g/mol. The molecule has 0 N–H and O–H groups in total. The van der Waals surface area contributed by atoms with Crippen LogP contribution in [0.4, 0.5) is 17.6 Å². The molecule has 9 heteroatoms. The second kappa shape index (κ2) is 10.7. The van der Waals surface area contributed by atoms with E-state index < -0.39 is 27.2 Å². The summed E-state index contributed by atoms with van der Waals surface area (Å²) in [6.45, 7) is 2.77. The summed E-state index contributed by atoms with van der Waals surface area (Å²) < 4.78 is 82.7. The minimum Gasteiger partial charge on any atom is -0.494 e. The largest absolute Gasteiger partial charge is 0.534 e. The second-order valence-electron chi connectivity index (χ2n) is 6.77. The fraction of sp³-hybridized carbons (Fsp3) is 0.429. The van der Waals surface area contributed by atoms with E-state index in [0.29, 0.717) is 23.5 Å². The summed E-state index contributed by atoms with van der Waals surface area (Å²) in [5.74, 6) is -1.58. The summed E-state index contributed by atoms with van der Waals surface area (Å²) in [7, 11) is -5.93. The lowest BCUT2D eigenvalue weighted by molar-refractivity contribution is -0.0500. The SMILES string of the molecule is CCCCCCCCOc1ccc(-c2ccc(OS(=O)(=O)C(F)(F)F)c(F)c2)cc1. The van der Waals surface area contributed by atoms with Crippen LogP contribution in [0.25, 0.3) is 11.1 Å². The summed E-state index contributed by atoms with van der Waals surface area (Å²) in [6, 6.07) is 9.81. The lowest BCUT2D eigenvalue weighted by atomic mass is 10.1. The molecule has 2 aromatic rings. The molecular weight excluding hydrogens is 424 g/mol. The van der Waals surface area contributed by atoms with Crippen molar-refractivity contribution in [3.8, 4) is 22.6 Å². The summed E-state index contributed by atoms with van der Waals surface area (Å²) >= 11 is 0. The maximum atomic E-state index is 14.1. The molecular formula is C21H24F4O4S. The Hall–Kier alpha value is -2.29. The summed E-state index contributed by atoms with van der Waals surface area (Å²) in [4.78, 5) is 0. The number of benzene rings is 2. The van der Waals surface area contributed by atoms with E-state index in [0.717, 1.165) is 25.0 Å². The molecule has 0 amide bonds. The summed E-state index contributed by atoms with van der Waals surface area (Å²) in [5.41, 5.74) is -4.69. The van der Waals surface area contributed by atoms with E-state index in [1.165, 1.54) is 31.7 Å². The first-order valence-corrected chi connectivity index (χ1v) is 11.1. The van der Waals surface area contributed by atoms with E-state index in [1.807, 2.05) is 0 Å². The molecule has 0 radical (unpaired) electrons. The maximum absolute atomic E-state index is 14.1. The van der Waals surface area contributed by atoms with E-state index in [4.69, 9.17) is 4.74 Å². The van der Waals surface area contributed by atoms with Crippen LogP contribution in [0, 0.1) is 5.82 Å². The van der Waals surface area contributed by atoms with E-state index in [1.54, 1.807) is 24.3 Å². The van der Waals surface area contributed by atoms with Gasteiger partial charge in [-0.25, -0.2) is 4.39 Å². The Bertz CT molecular complexity index is 910. The van der Waals surface area contributed by atoms with Crippen molar-refractivity contribution < 1.29 is 34.9 Å². The second-order valence-corrected chi connectivity index (χ2v) is 8.31. The summed E-state index contributed by atoms with van der Waals surface area (Å²) in [5, 5.41) is 0. The normalized spacial score (nSPS) is 12.0. The Morgan fingerprint density at radius 3 is 2.07 bits per heavy atom. The first-order valence-electron chi connectivity index (χ1n) is 9.67. The highest BCUT2D eigenvalue weighted by Crippen LogP contribution is 2.31. The van der Waals surface area contributed by atoms with Crippen LogP contribution in [0.5, 0.6) is 11.5 Å². The van der Waals surface area contributed by atoms with Crippen LogP contribution in [-0.4, -0.2) is 20.5 Å². The van der Waals surface area contributed by atoms with E-state index in [2.05, 4.69) is 11.1 Å². The van der Waals surface area contributed by atoms with Crippen LogP contribution in [0.2, 0.25) is 0 Å². The lowest BCUT2D eigenvalue weighted by Crippen LogP contribution is -2.28. The molecule has 0 aliphatic rings. The smallest absolute Gasteiger partial charge is 0.494 e. The Morgan fingerprint density at radius 2 is 1.47 bits per heavy atom. The van der Waals surface area contributed by atoms with Crippen LogP contribution in [0.1, 0.15) is 45.4 Å². The number of rotatable bonds is 11. The minimum absolute atomic E-state index is 0.353. The van der Waals surface area contributed by atoms with E-state index >= 15 is 0 Å². The topological polar surface area (TPSA) is 52.6 Å². The first-order chi connectivity index (χ1) is 14.1. The van der Waals surface area contributed by atoms with Gasteiger partial charge < -0.3 is 8.92 Å². The molecule has 0 aliphatic heterocycles. The van der Waals surface area contributed by atoms with Gasteiger partial charge in [0.15, 0.2) is 11.6 Å². The molecule has 30 heavy (non-hydrogen) atoms. The molecule has 0 aliphatic carbocycles. The lowest BCUT2D eigenvalue weighted by Gasteiger charge is -2.11. The molecule has 0 fully saturated rings. The first kappa shape index (κ1) is 24.0. The van der Waals surface area contributed by atoms with Crippen molar-refractivity contribution in [3.05, 3.63) is 48.3 Å². The van der Waals surface area contributed by atoms with E-state index in [-0.39, 0.29) is 0 Å². The van der Waals surface area contributed by atoms with Crippen LogP contribution < -0.4 is 8.92 Å².